The molecule has 17 heavy (non-hydrogen) atoms. The lowest BCUT2D eigenvalue weighted by molar-refractivity contribution is 0.0906. The standard InChI is InChI=1S/C13H20N2O2/c1-9-5-6-12(14-3)11(7-9)13(16)15-10(2)8-17-4/h5-7,10,14H,8H2,1-4H3,(H,15,16). The third kappa shape index (κ3) is 3.75. The SMILES string of the molecule is CNc1ccc(C)cc1C(=O)NC(C)COC. The summed E-state index contributed by atoms with van der Waals surface area (Å²) in [5.74, 6) is -0.0809. The summed E-state index contributed by atoms with van der Waals surface area (Å²) < 4.78 is 4.99. The van der Waals surface area contributed by atoms with Gasteiger partial charge in [-0.1, -0.05) is 11.6 Å². The van der Waals surface area contributed by atoms with Gasteiger partial charge in [0, 0.05) is 25.9 Å². The van der Waals surface area contributed by atoms with Crippen LogP contribution in [0.5, 0.6) is 0 Å². The number of anilines is 1. The van der Waals surface area contributed by atoms with E-state index in [2.05, 4.69) is 10.6 Å². The van der Waals surface area contributed by atoms with Crippen LogP contribution in [-0.4, -0.2) is 32.7 Å². The fourth-order valence-corrected chi connectivity index (χ4v) is 1.66. The fraction of sp³-hybridized carbons (Fsp3) is 0.462. The first-order valence-corrected chi connectivity index (χ1v) is 5.66. The van der Waals surface area contributed by atoms with Gasteiger partial charge in [0.2, 0.25) is 0 Å². The van der Waals surface area contributed by atoms with E-state index in [9.17, 15) is 4.79 Å². The summed E-state index contributed by atoms with van der Waals surface area (Å²) in [4.78, 5) is 12.1. The third-order valence-electron chi connectivity index (χ3n) is 2.48. The molecule has 0 heterocycles. The van der Waals surface area contributed by atoms with E-state index < -0.39 is 0 Å². The number of methoxy groups -OCH3 is 1. The molecule has 1 atom stereocenters. The van der Waals surface area contributed by atoms with Crippen LogP contribution in [0, 0.1) is 6.92 Å². The highest BCUT2D eigenvalue weighted by Gasteiger charge is 2.13. The molecule has 0 bridgehead atoms. The zero-order valence-corrected chi connectivity index (χ0v) is 10.8. The molecule has 0 aliphatic carbocycles. The predicted molar refractivity (Wildman–Crippen MR) is 69.5 cm³/mol. The van der Waals surface area contributed by atoms with E-state index in [4.69, 9.17) is 4.74 Å². The van der Waals surface area contributed by atoms with Crippen molar-refractivity contribution in [3.05, 3.63) is 29.3 Å². The van der Waals surface area contributed by atoms with Crippen LogP contribution in [0.4, 0.5) is 5.69 Å². The Balaban J connectivity index is 2.83. The molecule has 0 spiro atoms. The van der Waals surface area contributed by atoms with E-state index in [0.717, 1.165) is 11.3 Å². The van der Waals surface area contributed by atoms with Gasteiger partial charge < -0.3 is 15.4 Å². The highest BCUT2D eigenvalue weighted by Crippen LogP contribution is 2.16. The van der Waals surface area contributed by atoms with Crippen LogP contribution in [0.15, 0.2) is 18.2 Å². The van der Waals surface area contributed by atoms with Gasteiger partial charge in [-0.05, 0) is 26.0 Å². The summed E-state index contributed by atoms with van der Waals surface area (Å²) in [7, 11) is 3.42. The molecule has 0 aliphatic rings. The van der Waals surface area contributed by atoms with Crippen molar-refractivity contribution in [2.24, 2.45) is 0 Å². The molecule has 94 valence electrons. The zero-order chi connectivity index (χ0) is 12.8. The third-order valence-corrected chi connectivity index (χ3v) is 2.48. The smallest absolute Gasteiger partial charge is 0.253 e. The zero-order valence-electron chi connectivity index (χ0n) is 10.8. The fourth-order valence-electron chi connectivity index (χ4n) is 1.66. The largest absolute Gasteiger partial charge is 0.387 e. The second-order valence-corrected chi connectivity index (χ2v) is 4.13. The molecule has 4 nitrogen and oxygen atoms in total. The second kappa shape index (κ2) is 6.25. The number of amides is 1. The van der Waals surface area contributed by atoms with Gasteiger partial charge in [-0.3, -0.25) is 4.79 Å². The second-order valence-electron chi connectivity index (χ2n) is 4.13. The predicted octanol–water partition coefficient (Wildman–Crippen LogP) is 1.80. The summed E-state index contributed by atoms with van der Waals surface area (Å²) in [5, 5.41) is 5.91. The van der Waals surface area contributed by atoms with Gasteiger partial charge in [0.25, 0.3) is 5.91 Å². The van der Waals surface area contributed by atoms with Crippen LogP contribution in [0.2, 0.25) is 0 Å². The molecular weight excluding hydrogens is 216 g/mol. The van der Waals surface area contributed by atoms with Crippen LogP contribution in [0.1, 0.15) is 22.8 Å². The molecule has 0 radical (unpaired) electrons. The Morgan fingerprint density at radius 2 is 2.18 bits per heavy atom. The van der Waals surface area contributed by atoms with E-state index in [-0.39, 0.29) is 11.9 Å². The van der Waals surface area contributed by atoms with Crippen molar-refractivity contribution in [3.63, 3.8) is 0 Å². The Morgan fingerprint density at radius 3 is 2.76 bits per heavy atom. The minimum absolute atomic E-state index is 0.00211. The lowest BCUT2D eigenvalue weighted by Crippen LogP contribution is -2.35. The number of ether oxygens (including phenoxy) is 1. The Kier molecular flexibility index (Phi) is 4.97. The Morgan fingerprint density at radius 1 is 1.47 bits per heavy atom. The molecule has 0 aliphatic heterocycles. The van der Waals surface area contributed by atoms with Crippen molar-refractivity contribution >= 4 is 11.6 Å². The minimum atomic E-state index is -0.0809. The van der Waals surface area contributed by atoms with Crippen molar-refractivity contribution in [2.75, 3.05) is 26.1 Å². The van der Waals surface area contributed by atoms with Crippen molar-refractivity contribution in [2.45, 2.75) is 19.9 Å². The maximum atomic E-state index is 12.1. The van der Waals surface area contributed by atoms with Gasteiger partial charge in [0.1, 0.15) is 0 Å². The van der Waals surface area contributed by atoms with Gasteiger partial charge in [-0.2, -0.15) is 0 Å². The number of rotatable bonds is 5. The number of nitrogens with one attached hydrogen (secondary N) is 2. The quantitative estimate of drug-likeness (QED) is 0.819. The molecule has 0 saturated carbocycles. The average Bonchev–Trinajstić information content (AvgIpc) is 2.29. The molecular formula is C13H20N2O2. The topological polar surface area (TPSA) is 50.4 Å². The summed E-state index contributed by atoms with van der Waals surface area (Å²) >= 11 is 0. The Hall–Kier alpha value is -1.55. The highest BCUT2D eigenvalue weighted by atomic mass is 16.5. The number of benzene rings is 1. The lowest BCUT2D eigenvalue weighted by Gasteiger charge is -2.15. The lowest BCUT2D eigenvalue weighted by atomic mass is 10.1. The van der Waals surface area contributed by atoms with Gasteiger partial charge in [0.15, 0.2) is 0 Å². The van der Waals surface area contributed by atoms with Crippen molar-refractivity contribution in [1.29, 1.82) is 0 Å². The monoisotopic (exact) mass is 236 g/mol. The number of hydrogen-bond acceptors (Lipinski definition) is 3. The molecule has 0 aromatic heterocycles. The molecule has 1 aromatic carbocycles. The molecule has 0 saturated heterocycles. The minimum Gasteiger partial charge on any atom is -0.387 e. The number of hydrogen-bond donors (Lipinski definition) is 2. The van der Waals surface area contributed by atoms with Crippen LogP contribution in [0.3, 0.4) is 0 Å². The first-order chi connectivity index (χ1) is 8.08. The maximum Gasteiger partial charge on any atom is 0.253 e. The Bertz CT molecular complexity index is 391. The first-order valence-electron chi connectivity index (χ1n) is 5.66. The highest BCUT2D eigenvalue weighted by molar-refractivity contribution is 5.99. The average molecular weight is 236 g/mol. The van der Waals surface area contributed by atoms with Crippen LogP contribution >= 0.6 is 0 Å². The molecule has 1 unspecified atom stereocenters. The van der Waals surface area contributed by atoms with Crippen LogP contribution in [-0.2, 0) is 4.74 Å². The number of aryl methyl sites for hydroxylation is 1. The Labute approximate surface area is 102 Å². The number of carbonyl (C=O) groups is 1. The van der Waals surface area contributed by atoms with Gasteiger partial charge in [-0.15, -0.1) is 0 Å². The van der Waals surface area contributed by atoms with Crippen LogP contribution < -0.4 is 10.6 Å². The molecule has 1 rings (SSSR count). The summed E-state index contributed by atoms with van der Waals surface area (Å²) in [6.45, 7) is 4.39. The van der Waals surface area contributed by atoms with Gasteiger partial charge in [0.05, 0.1) is 12.2 Å². The van der Waals surface area contributed by atoms with Gasteiger partial charge >= 0.3 is 0 Å². The first kappa shape index (κ1) is 13.5. The summed E-state index contributed by atoms with van der Waals surface area (Å²) in [6.07, 6.45) is 0. The van der Waals surface area contributed by atoms with E-state index in [1.807, 2.05) is 32.0 Å². The van der Waals surface area contributed by atoms with Gasteiger partial charge in [-0.25, -0.2) is 0 Å². The maximum absolute atomic E-state index is 12.1. The van der Waals surface area contributed by atoms with Crippen molar-refractivity contribution in [1.82, 2.24) is 5.32 Å². The van der Waals surface area contributed by atoms with E-state index in [1.54, 1.807) is 14.2 Å². The van der Waals surface area contributed by atoms with Crippen molar-refractivity contribution in [3.8, 4) is 0 Å². The van der Waals surface area contributed by atoms with Crippen LogP contribution in [0.25, 0.3) is 0 Å². The normalized spacial score (nSPS) is 12.0. The summed E-state index contributed by atoms with van der Waals surface area (Å²) in [6, 6.07) is 5.75. The van der Waals surface area contributed by atoms with E-state index in [1.165, 1.54) is 0 Å². The molecule has 0 fully saturated rings. The van der Waals surface area contributed by atoms with Crippen molar-refractivity contribution < 1.29 is 9.53 Å². The molecule has 2 N–H and O–H groups in total. The molecule has 4 heteroatoms. The molecule has 1 aromatic rings. The summed E-state index contributed by atoms with van der Waals surface area (Å²) in [5.41, 5.74) is 2.56. The van der Waals surface area contributed by atoms with E-state index in [0.29, 0.717) is 12.2 Å². The number of carbonyl (C=O) groups excluding carboxylic acids is 1. The molecule has 1 amide bonds. The van der Waals surface area contributed by atoms with E-state index >= 15 is 0 Å².